The molecule has 0 aliphatic carbocycles. The van der Waals surface area contributed by atoms with Crippen LogP contribution in [0.5, 0.6) is 0 Å². The second-order valence-corrected chi connectivity index (χ2v) is 5.78. The summed E-state index contributed by atoms with van der Waals surface area (Å²) in [4.78, 5) is 17.6. The van der Waals surface area contributed by atoms with Crippen molar-refractivity contribution in [2.75, 3.05) is 44.8 Å². The molecule has 0 saturated carbocycles. The second kappa shape index (κ2) is 7.59. The number of hydrogen-bond donors (Lipinski definition) is 1. The molecule has 2 atom stereocenters. The van der Waals surface area contributed by atoms with E-state index in [2.05, 4.69) is 21.8 Å². The zero-order valence-corrected chi connectivity index (χ0v) is 12.7. The van der Waals surface area contributed by atoms with Gasteiger partial charge in [0.2, 0.25) is 0 Å². The third kappa shape index (κ3) is 4.30. The topological polar surface area (TPSA) is 65.9 Å². The number of anilines is 1. The predicted octanol–water partition coefficient (Wildman–Crippen LogP) is 1.20. The Balaban J connectivity index is 0.000000497. The standard InChI is InChI=1S/C13H18ClN3O.CH2O2/c1-16-5-10-6-17(7-12(16)9-18-8-10)13-3-2-11(14)4-15-13;2-1-3/h2-4,10,12H,5-9H2,1H3;1H,(H,2,3)/t10-,12+;/m1./s1. The van der Waals surface area contributed by atoms with E-state index in [1.165, 1.54) is 0 Å². The largest absolute Gasteiger partial charge is 0.483 e. The fraction of sp³-hybridized carbons (Fsp3) is 0.571. The van der Waals surface area contributed by atoms with Crippen molar-refractivity contribution in [3.63, 3.8) is 0 Å². The minimum absolute atomic E-state index is 0.250. The van der Waals surface area contributed by atoms with Gasteiger partial charge >= 0.3 is 0 Å². The summed E-state index contributed by atoms with van der Waals surface area (Å²) in [5.74, 6) is 1.58. The van der Waals surface area contributed by atoms with Gasteiger partial charge in [-0.25, -0.2) is 4.98 Å². The Kier molecular flexibility index (Phi) is 5.78. The second-order valence-electron chi connectivity index (χ2n) is 5.34. The smallest absolute Gasteiger partial charge is 0.290 e. The minimum atomic E-state index is -0.250. The zero-order chi connectivity index (χ0) is 15.2. The lowest BCUT2D eigenvalue weighted by atomic mass is 10.1. The molecule has 7 heteroatoms. The van der Waals surface area contributed by atoms with Crippen LogP contribution in [0.3, 0.4) is 0 Å². The van der Waals surface area contributed by atoms with E-state index in [-0.39, 0.29) is 6.47 Å². The molecule has 2 aliphatic heterocycles. The van der Waals surface area contributed by atoms with Crippen LogP contribution in [0.1, 0.15) is 0 Å². The van der Waals surface area contributed by atoms with Gasteiger partial charge in [-0.1, -0.05) is 11.6 Å². The first-order chi connectivity index (χ1) is 10.1. The zero-order valence-electron chi connectivity index (χ0n) is 12.0. The molecule has 3 heterocycles. The number of rotatable bonds is 1. The van der Waals surface area contributed by atoms with E-state index >= 15 is 0 Å². The number of ether oxygens (including phenoxy) is 1. The van der Waals surface area contributed by atoms with Crippen molar-refractivity contribution in [1.29, 1.82) is 0 Å². The molecule has 0 aromatic carbocycles. The fourth-order valence-corrected chi connectivity index (χ4v) is 2.90. The van der Waals surface area contributed by atoms with Crippen LogP contribution in [0.2, 0.25) is 5.02 Å². The lowest BCUT2D eigenvalue weighted by Crippen LogP contribution is -2.42. The van der Waals surface area contributed by atoms with Gasteiger partial charge < -0.3 is 14.7 Å². The van der Waals surface area contributed by atoms with Crippen LogP contribution in [0.15, 0.2) is 18.3 Å². The molecule has 2 saturated heterocycles. The van der Waals surface area contributed by atoms with E-state index < -0.39 is 0 Å². The maximum atomic E-state index is 8.36. The van der Waals surface area contributed by atoms with Gasteiger partial charge in [0.1, 0.15) is 5.82 Å². The number of carbonyl (C=O) groups is 1. The van der Waals surface area contributed by atoms with Crippen molar-refractivity contribution in [2.45, 2.75) is 6.04 Å². The number of halogens is 1. The van der Waals surface area contributed by atoms with Crippen molar-refractivity contribution >= 4 is 23.9 Å². The summed E-state index contributed by atoms with van der Waals surface area (Å²) in [5.41, 5.74) is 0. The SMILES string of the molecule is CN1C[C@H]2COC[C@@H]1CN(c1ccc(Cl)cn1)C2.O=CO. The van der Waals surface area contributed by atoms with E-state index in [4.69, 9.17) is 26.2 Å². The Morgan fingerprint density at radius 2 is 2.14 bits per heavy atom. The van der Waals surface area contributed by atoms with Crippen LogP contribution in [0.4, 0.5) is 5.82 Å². The van der Waals surface area contributed by atoms with Gasteiger partial charge in [0.25, 0.3) is 6.47 Å². The average molecular weight is 314 g/mol. The van der Waals surface area contributed by atoms with Gasteiger partial charge in [0.05, 0.1) is 24.3 Å². The Hall–Kier alpha value is -1.37. The third-order valence-electron chi connectivity index (χ3n) is 3.78. The fourth-order valence-electron chi connectivity index (χ4n) is 2.79. The Morgan fingerprint density at radius 3 is 2.81 bits per heavy atom. The highest BCUT2D eigenvalue weighted by Crippen LogP contribution is 2.23. The van der Waals surface area contributed by atoms with Crippen molar-refractivity contribution in [3.05, 3.63) is 23.4 Å². The molecular weight excluding hydrogens is 294 g/mol. The summed E-state index contributed by atoms with van der Waals surface area (Å²) in [5, 5.41) is 7.58. The van der Waals surface area contributed by atoms with Crippen LogP contribution in [0, 0.1) is 5.92 Å². The van der Waals surface area contributed by atoms with Crippen LogP contribution in [-0.2, 0) is 9.53 Å². The van der Waals surface area contributed by atoms with Gasteiger partial charge in [0, 0.05) is 31.7 Å². The lowest BCUT2D eigenvalue weighted by Gasteiger charge is -2.30. The van der Waals surface area contributed by atoms with Crippen molar-refractivity contribution in [2.24, 2.45) is 5.92 Å². The van der Waals surface area contributed by atoms with Crippen LogP contribution >= 0.6 is 11.6 Å². The Morgan fingerprint density at radius 1 is 1.38 bits per heavy atom. The summed E-state index contributed by atoms with van der Waals surface area (Å²) in [6, 6.07) is 4.37. The molecule has 0 unspecified atom stereocenters. The van der Waals surface area contributed by atoms with Crippen molar-refractivity contribution in [1.82, 2.24) is 9.88 Å². The van der Waals surface area contributed by atoms with E-state index in [1.54, 1.807) is 6.20 Å². The molecule has 0 spiro atoms. The molecule has 1 aromatic rings. The minimum Gasteiger partial charge on any atom is -0.483 e. The first-order valence-electron chi connectivity index (χ1n) is 6.86. The number of likely N-dealkylation sites (N-methyl/N-ethyl adjacent to an activating group) is 1. The molecule has 0 radical (unpaired) electrons. The number of aromatic nitrogens is 1. The number of carboxylic acid groups (broad SMARTS) is 1. The average Bonchev–Trinajstić information content (AvgIpc) is 2.69. The first-order valence-corrected chi connectivity index (χ1v) is 7.24. The molecule has 6 nitrogen and oxygen atoms in total. The highest BCUT2D eigenvalue weighted by molar-refractivity contribution is 6.30. The first kappa shape index (κ1) is 16.0. The molecule has 116 valence electrons. The normalized spacial score (nSPS) is 25.5. The molecule has 1 N–H and O–H groups in total. The summed E-state index contributed by atoms with van der Waals surface area (Å²) in [6.07, 6.45) is 1.72. The Labute approximate surface area is 129 Å². The lowest BCUT2D eigenvalue weighted by molar-refractivity contribution is -0.122. The summed E-state index contributed by atoms with van der Waals surface area (Å²) in [7, 11) is 2.19. The summed E-state index contributed by atoms with van der Waals surface area (Å²) < 4.78 is 5.73. The van der Waals surface area contributed by atoms with Crippen LogP contribution < -0.4 is 4.90 Å². The summed E-state index contributed by atoms with van der Waals surface area (Å²) >= 11 is 5.89. The number of pyridine rings is 1. The molecule has 0 amide bonds. The van der Waals surface area contributed by atoms with Gasteiger partial charge in [-0.15, -0.1) is 0 Å². The number of hydrogen-bond acceptors (Lipinski definition) is 5. The van der Waals surface area contributed by atoms with Gasteiger partial charge in [-0.2, -0.15) is 0 Å². The number of fused-ring (bicyclic) bond motifs is 3. The predicted molar refractivity (Wildman–Crippen MR) is 80.9 cm³/mol. The Bertz CT molecular complexity index is 457. The quantitative estimate of drug-likeness (QED) is 0.786. The van der Waals surface area contributed by atoms with Gasteiger partial charge in [-0.3, -0.25) is 9.69 Å². The maximum absolute atomic E-state index is 8.36. The van der Waals surface area contributed by atoms with Gasteiger partial charge in [-0.05, 0) is 19.2 Å². The van der Waals surface area contributed by atoms with Crippen LogP contribution in [0.25, 0.3) is 0 Å². The highest BCUT2D eigenvalue weighted by atomic mass is 35.5. The highest BCUT2D eigenvalue weighted by Gasteiger charge is 2.31. The molecule has 3 rings (SSSR count). The van der Waals surface area contributed by atoms with Crippen LogP contribution in [-0.4, -0.2) is 67.4 Å². The molecule has 2 fully saturated rings. The van der Waals surface area contributed by atoms with E-state index in [0.29, 0.717) is 17.0 Å². The number of nitrogens with zero attached hydrogens (tertiary/aromatic N) is 3. The van der Waals surface area contributed by atoms with Crippen molar-refractivity contribution < 1.29 is 14.6 Å². The molecule has 2 bridgehead atoms. The molecule has 2 aliphatic rings. The van der Waals surface area contributed by atoms with E-state index in [1.807, 2.05) is 12.1 Å². The third-order valence-corrected chi connectivity index (χ3v) is 4.00. The maximum Gasteiger partial charge on any atom is 0.290 e. The summed E-state index contributed by atoms with van der Waals surface area (Å²) in [6.45, 7) is 4.51. The molecular formula is C14H20ClN3O3. The monoisotopic (exact) mass is 313 g/mol. The molecule has 1 aromatic heterocycles. The van der Waals surface area contributed by atoms with Crippen molar-refractivity contribution in [3.8, 4) is 0 Å². The molecule has 21 heavy (non-hydrogen) atoms. The van der Waals surface area contributed by atoms with E-state index in [9.17, 15) is 0 Å². The van der Waals surface area contributed by atoms with Gasteiger partial charge in [0.15, 0.2) is 0 Å². The van der Waals surface area contributed by atoms with E-state index in [0.717, 1.165) is 38.7 Å².